The molecule has 0 saturated carbocycles. The number of hydrogen-bond acceptors (Lipinski definition) is 3. The van der Waals surface area contributed by atoms with E-state index in [9.17, 15) is 9.59 Å². The molecule has 2 amide bonds. The number of thioether (sulfide) groups is 1. The number of aliphatic carboxylic acids is 1. The van der Waals surface area contributed by atoms with Crippen molar-refractivity contribution < 1.29 is 14.7 Å². The first-order chi connectivity index (χ1) is 8.47. The van der Waals surface area contributed by atoms with Crippen LogP contribution in [-0.2, 0) is 4.79 Å². The number of carboxylic acids is 1. The van der Waals surface area contributed by atoms with Crippen LogP contribution in [-0.4, -0.2) is 41.7 Å². The Morgan fingerprint density at radius 1 is 1.28 bits per heavy atom. The van der Waals surface area contributed by atoms with Crippen molar-refractivity contribution in [3.05, 3.63) is 0 Å². The van der Waals surface area contributed by atoms with E-state index in [4.69, 9.17) is 5.11 Å². The zero-order valence-corrected chi connectivity index (χ0v) is 12.2. The van der Waals surface area contributed by atoms with E-state index < -0.39 is 5.97 Å². The van der Waals surface area contributed by atoms with Gasteiger partial charge in [0.05, 0.1) is 5.92 Å². The third kappa shape index (κ3) is 9.15. The molecular weight excluding hydrogens is 252 g/mol. The summed E-state index contributed by atoms with van der Waals surface area (Å²) in [5.74, 6) is -0.113. The summed E-state index contributed by atoms with van der Waals surface area (Å²) in [4.78, 5) is 22.0. The summed E-state index contributed by atoms with van der Waals surface area (Å²) in [6.45, 7) is 4.16. The fraction of sp³-hybridized carbons (Fsp3) is 0.833. The molecule has 0 bridgehead atoms. The van der Waals surface area contributed by atoms with E-state index in [-0.39, 0.29) is 18.0 Å². The first kappa shape index (κ1) is 17.1. The molecule has 3 N–H and O–H groups in total. The zero-order valence-electron chi connectivity index (χ0n) is 11.4. The zero-order chi connectivity index (χ0) is 14.0. The number of hydrogen-bond donors (Lipinski definition) is 3. The molecule has 0 radical (unpaired) electrons. The Bertz CT molecular complexity index is 262. The molecule has 0 rings (SSSR count). The fourth-order valence-corrected chi connectivity index (χ4v) is 1.96. The molecule has 0 spiro atoms. The van der Waals surface area contributed by atoms with Crippen LogP contribution in [0.4, 0.5) is 4.79 Å². The van der Waals surface area contributed by atoms with Crippen molar-refractivity contribution in [3.63, 3.8) is 0 Å². The summed E-state index contributed by atoms with van der Waals surface area (Å²) < 4.78 is 0. The lowest BCUT2D eigenvalue weighted by atomic mass is 10.1. The predicted molar refractivity (Wildman–Crippen MR) is 75.0 cm³/mol. The average molecular weight is 276 g/mol. The lowest BCUT2D eigenvalue weighted by Crippen LogP contribution is -2.41. The largest absolute Gasteiger partial charge is 0.481 e. The number of carboxylic acid groups (broad SMARTS) is 1. The quantitative estimate of drug-likeness (QED) is 0.562. The van der Waals surface area contributed by atoms with Crippen LogP contribution in [0.15, 0.2) is 0 Å². The molecule has 0 aliphatic heterocycles. The highest BCUT2D eigenvalue weighted by Gasteiger charge is 2.10. The maximum atomic E-state index is 11.4. The number of carbonyl (C=O) groups excluding carboxylic acids is 1. The molecule has 0 heterocycles. The van der Waals surface area contributed by atoms with Gasteiger partial charge in [-0.25, -0.2) is 4.79 Å². The number of amides is 2. The molecule has 0 aromatic heterocycles. The highest BCUT2D eigenvalue weighted by atomic mass is 32.2. The lowest BCUT2D eigenvalue weighted by molar-refractivity contribution is -0.141. The third-order valence-electron chi connectivity index (χ3n) is 2.65. The maximum absolute atomic E-state index is 11.4. The standard InChI is InChI=1S/C12H24N2O3S/c1-9(11(15)16)5-4-7-13-12(17)14-10(2)6-8-18-3/h9-10H,4-8H2,1-3H3,(H,15,16)(H2,13,14,17). The summed E-state index contributed by atoms with van der Waals surface area (Å²) in [5, 5.41) is 14.3. The van der Waals surface area contributed by atoms with Gasteiger partial charge in [-0.05, 0) is 38.2 Å². The first-order valence-electron chi connectivity index (χ1n) is 6.23. The van der Waals surface area contributed by atoms with Crippen LogP contribution in [0.5, 0.6) is 0 Å². The van der Waals surface area contributed by atoms with Crippen LogP contribution in [0.1, 0.15) is 33.1 Å². The van der Waals surface area contributed by atoms with E-state index in [1.807, 2.05) is 13.2 Å². The van der Waals surface area contributed by atoms with Gasteiger partial charge in [0.1, 0.15) is 0 Å². The number of nitrogens with one attached hydrogen (secondary N) is 2. The van der Waals surface area contributed by atoms with Crippen molar-refractivity contribution in [2.75, 3.05) is 18.6 Å². The maximum Gasteiger partial charge on any atom is 0.314 e. The first-order valence-corrected chi connectivity index (χ1v) is 7.62. The van der Waals surface area contributed by atoms with Gasteiger partial charge in [0.2, 0.25) is 0 Å². The van der Waals surface area contributed by atoms with Crippen molar-refractivity contribution in [2.45, 2.75) is 39.2 Å². The lowest BCUT2D eigenvalue weighted by Gasteiger charge is -2.14. The number of carbonyl (C=O) groups is 2. The average Bonchev–Trinajstić information content (AvgIpc) is 2.31. The van der Waals surface area contributed by atoms with Crippen LogP contribution < -0.4 is 10.6 Å². The normalized spacial score (nSPS) is 13.7. The van der Waals surface area contributed by atoms with Crippen LogP contribution in [0.3, 0.4) is 0 Å². The monoisotopic (exact) mass is 276 g/mol. The smallest absolute Gasteiger partial charge is 0.314 e. The van der Waals surface area contributed by atoms with Crippen molar-refractivity contribution in [1.29, 1.82) is 0 Å². The Hall–Kier alpha value is -0.910. The van der Waals surface area contributed by atoms with Crippen molar-refractivity contribution >= 4 is 23.8 Å². The van der Waals surface area contributed by atoms with Gasteiger partial charge < -0.3 is 15.7 Å². The molecule has 6 heteroatoms. The van der Waals surface area contributed by atoms with Crippen molar-refractivity contribution in [2.24, 2.45) is 5.92 Å². The van der Waals surface area contributed by atoms with E-state index >= 15 is 0 Å². The Labute approximate surface area is 113 Å². The van der Waals surface area contributed by atoms with Gasteiger partial charge in [-0.15, -0.1) is 0 Å². The van der Waals surface area contributed by atoms with Gasteiger partial charge in [-0.3, -0.25) is 4.79 Å². The molecule has 18 heavy (non-hydrogen) atoms. The molecular formula is C12H24N2O3S. The Morgan fingerprint density at radius 2 is 1.94 bits per heavy atom. The van der Waals surface area contributed by atoms with Gasteiger partial charge in [0, 0.05) is 12.6 Å². The van der Waals surface area contributed by atoms with E-state index in [1.54, 1.807) is 18.7 Å². The summed E-state index contributed by atoms with van der Waals surface area (Å²) in [5.41, 5.74) is 0. The molecule has 2 unspecified atom stereocenters. The molecule has 0 aromatic rings. The fourth-order valence-electron chi connectivity index (χ4n) is 1.38. The molecule has 0 aromatic carbocycles. The minimum Gasteiger partial charge on any atom is -0.481 e. The Balaban J connectivity index is 3.56. The van der Waals surface area contributed by atoms with Gasteiger partial charge in [-0.1, -0.05) is 6.92 Å². The second-order valence-corrected chi connectivity index (χ2v) is 5.45. The van der Waals surface area contributed by atoms with Gasteiger partial charge in [0.15, 0.2) is 0 Å². The highest BCUT2D eigenvalue weighted by molar-refractivity contribution is 7.98. The Morgan fingerprint density at radius 3 is 2.50 bits per heavy atom. The minimum absolute atomic E-state index is 0.162. The van der Waals surface area contributed by atoms with Crippen LogP contribution in [0.25, 0.3) is 0 Å². The topological polar surface area (TPSA) is 78.4 Å². The number of urea groups is 1. The van der Waals surface area contributed by atoms with Crippen LogP contribution in [0.2, 0.25) is 0 Å². The van der Waals surface area contributed by atoms with Gasteiger partial charge in [0.25, 0.3) is 0 Å². The van der Waals surface area contributed by atoms with E-state index in [2.05, 4.69) is 10.6 Å². The van der Waals surface area contributed by atoms with E-state index in [0.717, 1.165) is 12.2 Å². The summed E-state index contributed by atoms with van der Waals surface area (Å²) in [7, 11) is 0. The molecule has 2 atom stereocenters. The van der Waals surface area contributed by atoms with Crippen LogP contribution >= 0.6 is 11.8 Å². The minimum atomic E-state index is -0.787. The summed E-state index contributed by atoms with van der Waals surface area (Å²) in [6.07, 6.45) is 4.25. The van der Waals surface area contributed by atoms with Gasteiger partial charge >= 0.3 is 12.0 Å². The second-order valence-electron chi connectivity index (χ2n) is 4.46. The highest BCUT2D eigenvalue weighted by Crippen LogP contribution is 2.04. The van der Waals surface area contributed by atoms with E-state index in [1.165, 1.54) is 0 Å². The van der Waals surface area contributed by atoms with Crippen LogP contribution in [0, 0.1) is 5.92 Å². The SMILES string of the molecule is CSCCC(C)NC(=O)NCCCC(C)C(=O)O. The number of rotatable bonds is 9. The van der Waals surface area contributed by atoms with Crippen molar-refractivity contribution in [1.82, 2.24) is 10.6 Å². The molecule has 0 fully saturated rings. The molecule has 0 aliphatic carbocycles. The molecule has 5 nitrogen and oxygen atoms in total. The third-order valence-corrected chi connectivity index (χ3v) is 3.30. The molecule has 0 saturated heterocycles. The second kappa shape index (κ2) is 10.1. The Kier molecular flexibility index (Phi) is 9.55. The molecule has 106 valence electrons. The summed E-state index contributed by atoms with van der Waals surface area (Å²) in [6, 6.07) is -0.0121. The molecule has 0 aliphatic rings. The van der Waals surface area contributed by atoms with Crippen molar-refractivity contribution in [3.8, 4) is 0 Å². The van der Waals surface area contributed by atoms with E-state index in [0.29, 0.717) is 19.4 Å². The summed E-state index contributed by atoms with van der Waals surface area (Å²) >= 11 is 1.76. The predicted octanol–water partition coefficient (Wildman–Crippen LogP) is 1.93. The van der Waals surface area contributed by atoms with Gasteiger partial charge in [-0.2, -0.15) is 11.8 Å².